The molecule has 174 valence electrons. The third-order valence-corrected chi connectivity index (χ3v) is 7.09. The molecule has 3 N–H and O–H groups in total. The van der Waals surface area contributed by atoms with Crippen molar-refractivity contribution in [2.45, 2.75) is 38.2 Å². The van der Waals surface area contributed by atoms with Crippen LogP contribution in [0.3, 0.4) is 0 Å². The number of benzene rings is 1. The van der Waals surface area contributed by atoms with Crippen molar-refractivity contribution in [1.82, 2.24) is 14.5 Å². The lowest BCUT2D eigenvalue weighted by molar-refractivity contribution is -0.119. The maximum absolute atomic E-state index is 13.5. The number of amides is 1. The van der Waals surface area contributed by atoms with E-state index in [2.05, 4.69) is 9.74 Å². The van der Waals surface area contributed by atoms with E-state index >= 15 is 0 Å². The second kappa shape index (κ2) is 8.67. The largest absolute Gasteiger partial charge is 0.393 e. The Kier molecular flexibility index (Phi) is 5.68. The van der Waals surface area contributed by atoms with Gasteiger partial charge in [-0.3, -0.25) is 19.5 Å². The third kappa shape index (κ3) is 3.98. The first-order valence-electron chi connectivity index (χ1n) is 11.6. The van der Waals surface area contributed by atoms with Crippen LogP contribution in [-0.2, 0) is 4.79 Å². The number of nitrogens with two attached hydrogens (primary N) is 1. The Morgan fingerprint density at radius 2 is 1.94 bits per heavy atom. The Bertz CT molecular complexity index is 1310. The van der Waals surface area contributed by atoms with E-state index in [9.17, 15) is 14.7 Å². The number of hydrogen-bond acceptors (Lipinski definition) is 5. The molecule has 1 amide bonds. The van der Waals surface area contributed by atoms with Crippen LogP contribution in [0.1, 0.15) is 46.8 Å². The fourth-order valence-corrected chi connectivity index (χ4v) is 5.08. The van der Waals surface area contributed by atoms with Crippen molar-refractivity contribution in [3.05, 3.63) is 64.8 Å². The molecular weight excluding hydrogens is 430 g/mol. The van der Waals surface area contributed by atoms with Crippen LogP contribution < -0.4 is 5.73 Å². The van der Waals surface area contributed by atoms with E-state index in [1.165, 1.54) is 0 Å². The number of ketones is 1. The molecule has 1 saturated heterocycles. The van der Waals surface area contributed by atoms with Gasteiger partial charge in [-0.25, -0.2) is 4.85 Å². The molecule has 8 nitrogen and oxygen atoms in total. The standard InChI is InChI=1S/C26H27N5O3/c1-15-24(23(33)14-30-9-7-19(32)8-10-30)25-22(31(15)18-5-3-17(28-2)4-6-18)11-16(13-29-25)20-12-21(20)26(27)34/h3-6,11,13,19-21,32H,7-10,12,14H2,1H3,(H2,27,34). The van der Waals surface area contributed by atoms with Gasteiger partial charge >= 0.3 is 0 Å². The molecule has 5 rings (SSSR count). The molecule has 2 aromatic heterocycles. The highest BCUT2D eigenvalue weighted by Gasteiger charge is 2.43. The first kappa shape index (κ1) is 22.3. The number of aliphatic hydroxyl groups is 1. The highest BCUT2D eigenvalue weighted by atomic mass is 16.3. The molecule has 0 bridgehead atoms. The van der Waals surface area contributed by atoms with Crippen LogP contribution in [0.25, 0.3) is 21.6 Å². The Morgan fingerprint density at radius 1 is 1.24 bits per heavy atom. The zero-order valence-electron chi connectivity index (χ0n) is 19.1. The van der Waals surface area contributed by atoms with E-state index < -0.39 is 0 Å². The average Bonchev–Trinajstić information content (AvgIpc) is 3.58. The first-order chi connectivity index (χ1) is 16.4. The van der Waals surface area contributed by atoms with E-state index in [-0.39, 0.29) is 36.2 Å². The minimum absolute atomic E-state index is 0.00268. The Labute approximate surface area is 197 Å². The summed E-state index contributed by atoms with van der Waals surface area (Å²) in [5, 5.41) is 9.79. The van der Waals surface area contributed by atoms with Gasteiger partial charge in [0.1, 0.15) is 0 Å². The van der Waals surface area contributed by atoms with Crippen molar-refractivity contribution in [1.29, 1.82) is 0 Å². The van der Waals surface area contributed by atoms with Crippen molar-refractivity contribution in [3.8, 4) is 5.69 Å². The Hall–Kier alpha value is -3.54. The van der Waals surface area contributed by atoms with Gasteiger partial charge in [0.25, 0.3) is 0 Å². The van der Waals surface area contributed by atoms with Gasteiger partial charge in [-0.05, 0) is 55.9 Å². The summed E-state index contributed by atoms with van der Waals surface area (Å²) < 4.78 is 2.01. The number of primary amides is 1. The number of aliphatic hydroxyl groups excluding tert-OH is 1. The average molecular weight is 458 g/mol. The number of hydrogen-bond donors (Lipinski definition) is 2. The van der Waals surface area contributed by atoms with Crippen LogP contribution in [0, 0.1) is 19.4 Å². The number of rotatable bonds is 6. The number of piperidine rings is 1. The molecule has 1 aromatic carbocycles. The molecule has 1 saturated carbocycles. The summed E-state index contributed by atoms with van der Waals surface area (Å²) in [7, 11) is 0. The SMILES string of the molecule is [C-]#[N+]c1ccc(-n2c(C)c(C(=O)CN3CCC(O)CC3)c3ncc(C4CC4C(N)=O)cc32)cc1. The minimum atomic E-state index is -0.297. The van der Waals surface area contributed by atoms with Gasteiger partial charge in [0.05, 0.1) is 35.8 Å². The number of pyridine rings is 1. The molecule has 2 unspecified atom stereocenters. The van der Waals surface area contributed by atoms with Crippen molar-refractivity contribution < 1.29 is 14.7 Å². The number of aromatic nitrogens is 2. The van der Waals surface area contributed by atoms with Crippen molar-refractivity contribution in [3.63, 3.8) is 0 Å². The second-order valence-corrected chi connectivity index (χ2v) is 9.34. The highest BCUT2D eigenvalue weighted by molar-refractivity contribution is 6.09. The second-order valence-electron chi connectivity index (χ2n) is 9.34. The van der Waals surface area contributed by atoms with Crippen molar-refractivity contribution in [2.24, 2.45) is 11.7 Å². The first-order valence-corrected chi connectivity index (χ1v) is 11.6. The monoisotopic (exact) mass is 457 g/mol. The molecule has 1 aliphatic carbocycles. The zero-order valence-corrected chi connectivity index (χ0v) is 19.1. The molecule has 1 aliphatic heterocycles. The fourth-order valence-electron chi connectivity index (χ4n) is 5.08. The van der Waals surface area contributed by atoms with E-state index in [1.807, 2.05) is 29.7 Å². The molecule has 8 heteroatoms. The topological polar surface area (TPSA) is 106 Å². The quantitative estimate of drug-likeness (QED) is 0.437. The molecule has 3 aromatic rings. The van der Waals surface area contributed by atoms with Crippen molar-refractivity contribution >= 4 is 28.4 Å². The number of carbonyl (C=O) groups is 2. The summed E-state index contributed by atoms with van der Waals surface area (Å²) in [6.07, 6.45) is 3.53. The normalized spacial score (nSPS) is 20.9. The van der Waals surface area contributed by atoms with E-state index in [1.54, 1.807) is 18.3 Å². The number of fused-ring (bicyclic) bond motifs is 1. The maximum atomic E-state index is 13.5. The third-order valence-electron chi connectivity index (χ3n) is 7.09. The molecule has 2 aliphatic rings. The van der Waals surface area contributed by atoms with Crippen LogP contribution in [0.5, 0.6) is 0 Å². The van der Waals surface area contributed by atoms with Crippen LogP contribution >= 0.6 is 0 Å². The lowest BCUT2D eigenvalue weighted by atomic mass is 10.1. The lowest BCUT2D eigenvalue weighted by Crippen LogP contribution is -2.39. The summed E-state index contributed by atoms with van der Waals surface area (Å²) >= 11 is 0. The summed E-state index contributed by atoms with van der Waals surface area (Å²) in [6.45, 7) is 10.8. The number of nitrogens with zero attached hydrogens (tertiary/aromatic N) is 4. The Morgan fingerprint density at radius 3 is 2.56 bits per heavy atom. The number of Topliss-reactive ketones (excluding diaryl/α,β-unsaturated/α-hetero) is 1. The molecule has 0 radical (unpaired) electrons. The predicted octanol–water partition coefficient (Wildman–Crippen LogP) is 3.11. The number of likely N-dealkylation sites (tertiary alicyclic amines) is 1. The Balaban J connectivity index is 1.58. The van der Waals surface area contributed by atoms with Crippen molar-refractivity contribution in [2.75, 3.05) is 19.6 Å². The van der Waals surface area contributed by atoms with E-state index in [0.29, 0.717) is 49.1 Å². The van der Waals surface area contributed by atoms with Gasteiger partial charge in [0, 0.05) is 36.6 Å². The lowest BCUT2D eigenvalue weighted by Gasteiger charge is -2.28. The summed E-state index contributed by atoms with van der Waals surface area (Å²) in [4.78, 5) is 35.4. The predicted molar refractivity (Wildman–Crippen MR) is 128 cm³/mol. The smallest absolute Gasteiger partial charge is 0.221 e. The van der Waals surface area contributed by atoms with E-state index in [4.69, 9.17) is 17.3 Å². The van der Waals surface area contributed by atoms with Crippen LogP contribution in [0.2, 0.25) is 0 Å². The zero-order chi connectivity index (χ0) is 24.0. The van der Waals surface area contributed by atoms with Gasteiger partial charge in [-0.1, -0.05) is 12.1 Å². The molecular formula is C26H27N5O3. The van der Waals surface area contributed by atoms with Gasteiger partial charge in [0.15, 0.2) is 11.5 Å². The van der Waals surface area contributed by atoms with Crippen LogP contribution in [-0.4, -0.2) is 57.0 Å². The molecule has 34 heavy (non-hydrogen) atoms. The van der Waals surface area contributed by atoms with Gasteiger partial charge < -0.3 is 15.4 Å². The van der Waals surface area contributed by atoms with Gasteiger partial charge in [0.2, 0.25) is 5.91 Å². The van der Waals surface area contributed by atoms with Gasteiger partial charge in [-0.15, -0.1) is 0 Å². The maximum Gasteiger partial charge on any atom is 0.221 e. The molecule has 2 fully saturated rings. The van der Waals surface area contributed by atoms with Crippen LogP contribution in [0.15, 0.2) is 36.5 Å². The van der Waals surface area contributed by atoms with Crippen LogP contribution in [0.4, 0.5) is 5.69 Å². The molecule has 3 heterocycles. The summed E-state index contributed by atoms with van der Waals surface area (Å²) in [5.41, 5.74) is 10.6. The number of carbonyl (C=O) groups excluding carboxylic acids is 2. The summed E-state index contributed by atoms with van der Waals surface area (Å²) in [5.74, 6) is -0.412. The molecule has 2 atom stereocenters. The highest BCUT2D eigenvalue weighted by Crippen LogP contribution is 2.47. The minimum Gasteiger partial charge on any atom is -0.393 e. The fraction of sp³-hybridized carbons (Fsp3) is 0.385. The molecule has 0 spiro atoms. The van der Waals surface area contributed by atoms with Gasteiger partial charge in [-0.2, -0.15) is 0 Å². The summed E-state index contributed by atoms with van der Waals surface area (Å²) in [6, 6.07) is 9.27. The van der Waals surface area contributed by atoms with E-state index in [0.717, 1.165) is 22.5 Å².